The molecule has 0 spiro atoms. The Hall–Kier alpha value is -3.34. The highest BCUT2D eigenvalue weighted by Crippen LogP contribution is 2.26. The van der Waals surface area contributed by atoms with Gasteiger partial charge in [-0.1, -0.05) is 0 Å². The Kier molecular flexibility index (Phi) is 6.52. The minimum absolute atomic E-state index is 0.0249. The summed E-state index contributed by atoms with van der Waals surface area (Å²) in [7, 11) is 1.60. The van der Waals surface area contributed by atoms with Crippen molar-refractivity contribution < 1.29 is 19.0 Å². The van der Waals surface area contributed by atoms with E-state index < -0.39 is 0 Å². The number of methoxy groups -OCH3 is 1. The van der Waals surface area contributed by atoms with E-state index >= 15 is 0 Å². The average molecular weight is 465 g/mol. The molecule has 4 N–H and O–H groups in total. The third kappa shape index (κ3) is 4.93. The van der Waals surface area contributed by atoms with Gasteiger partial charge in [0.05, 0.1) is 36.5 Å². The van der Waals surface area contributed by atoms with Gasteiger partial charge >= 0.3 is 0 Å². The number of nitrogens with zero attached hydrogens (tertiary/aromatic N) is 3. The molecule has 0 bridgehead atoms. The molecule has 10 heteroatoms. The number of carbonyl (C=O) groups excluding carboxylic acids is 1. The molecule has 1 saturated heterocycles. The van der Waals surface area contributed by atoms with Crippen LogP contribution in [0.3, 0.4) is 0 Å². The van der Waals surface area contributed by atoms with Crippen LogP contribution in [0, 0.1) is 0 Å². The number of ether oxygens (including phenoxy) is 3. The molecular formula is C24H28N6O4. The summed E-state index contributed by atoms with van der Waals surface area (Å²) in [5.41, 5.74) is 10.0. The molecule has 5 heterocycles. The summed E-state index contributed by atoms with van der Waals surface area (Å²) in [5, 5.41) is 6.22. The minimum atomic E-state index is -0.192. The average Bonchev–Trinajstić information content (AvgIpc) is 2.87. The fourth-order valence-corrected chi connectivity index (χ4v) is 4.35. The Bertz CT molecular complexity index is 1180. The van der Waals surface area contributed by atoms with Crippen LogP contribution in [0.4, 0.5) is 5.82 Å². The number of pyridine rings is 3. The lowest BCUT2D eigenvalue weighted by Crippen LogP contribution is -2.47. The van der Waals surface area contributed by atoms with Crippen LogP contribution in [0.1, 0.15) is 24.1 Å². The van der Waals surface area contributed by atoms with Gasteiger partial charge in [-0.3, -0.25) is 9.78 Å². The number of hydrogen-bond donors (Lipinski definition) is 3. The van der Waals surface area contributed by atoms with E-state index in [1.54, 1.807) is 19.4 Å². The summed E-state index contributed by atoms with van der Waals surface area (Å²) in [5.74, 6) is 1.43. The Balaban J connectivity index is 1.14. The van der Waals surface area contributed by atoms with Crippen molar-refractivity contribution in [3.8, 4) is 11.6 Å². The molecular weight excluding hydrogens is 436 g/mol. The Labute approximate surface area is 197 Å². The van der Waals surface area contributed by atoms with Crippen LogP contribution in [0.15, 0.2) is 36.5 Å². The summed E-state index contributed by atoms with van der Waals surface area (Å²) in [6, 6.07) is 9.46. The van der Waals surface area contributed by atoms with E-state index in [0.717, 1.165) is 35.1 Å². The molecule has 3 aromatic rings. The van der Waals surface area contributed by atoms with Crippen LogP contribution in [-0.2, 0) is 22.5 Å². The molecule has 178 valence electrons. The molecule has 0 radical (unpaired) electrons. The van der Waals surface area contributed by atoms with Gasteiger partial charge in [0, 0.05) is 30.9 Å². The van der Waals surface area contributed by atoms with E-state index in [0.29, 0.717) is 37.0 Å². The fraction of sp³-hybridized carbons (Fsp3) is 0.417. The topological polar surface area (TPSA) is 134 Å². The van der Waals surface area contributed by atoms with Gasteiger partial charge in [-0.05, 0) is 49.1 Å². The number of nitrogens with one attached hydrogen (secondary N) is 2. The number of hydrogen-bond acceptors (Lipinski definition) is 9. The first-order chi connectivity index (χ1) is 16.6. The van der Waals surface area contributed by atoms with E-state index in [-0.39, 0.29) is 30.7 Å². The first kappa shape index (κ1) is 22.5. The highest BCUT2D eigenvalue weighted by atomic mass is 16.5. The van der Waals surface area contributed by atoms with E-state index in [4.69, 9.17) is 19.9 Å². The third-order valence-corrected chi connectivity index (χ3v) is 6.20. The van der Waals surface area contributed by atoms with Crippen molar-refractivity contribution in [1.82, 2.24) is 20.3 Å². The first-order valence-electron chi connectivity index (χ1n) is 11.4. The van der Waals surface area contributed by atoms with Gasteiger partial charge in [0.15, 0.2) is 18.2 Å². The SMILES string of the molecule is COc1ccc2nccc(CC(N)[C@@H]3CC[C@@H](NCc4ccc5c(n4)NC(=O)CO5)CO3)c2n1. The van der Waals surface area contributed by atoms with Crippen molar-refractivity contribution in [2.45, 2.75) is 44.0 Å². The van der Waals surface area contributed by atoms with Gasteiger partial charge in [0.1, 0.15) is 0 Å². The van der Waals surface area contributed by atoms with Crippen molar-refractivity contribution in [2.75, 3.05) is 25.6 Å². The second kappa shape index (κ2) is 9.88. The van der Waals surface area contributed by atoms with Crippen molar-refractivity contribution in [3.05, 3.63) is 47.8 Å². The number of rotatable bonds is 7. The van der Waals surface area contributed by atoms with Crippen LogP contribution in [0.2, 0.25) is 0 Å². The van der Waals surface area contributed by atoms with Crippen molar-refractivity contribution >= 4 is 22.8 Å². The number of carbonyl (C=O) groups is 1. The number of fused-ring (bicyclic) bond motifs is 2. The standard InChI is InChI=1S/C24H28N6O4/c1-32-22-7-4-18-23(30-22)14(8-9-26-18)10-17(25)19-5-3-16(12-33-19)27-11-15-2-6-20-24(28-15)29-21(31)13-34-20/h2,4,6-9,16-17,19,27H,3,5,10-13,25H2,1H3,(H,28,29,31)/t16-,17?,19+/m1/s1. The van der Waals surface area contributed by atoms with Gasteiger partial charge in [0.25, 0.3) is 5.91 Å². The summed E-state index contributed by atoms with van der Waals surface area (Å²) in [4.78, 5) is 24.9. The van der Waals surface area contributed by atoms with Gasteiger partial charge in [-0.25, -0.2) is 9.97 Å². The maximum absolute atomic E-state index is 11.5. The van der Waals surface area contributed by atoms with Crippen LogP contribution < -0.4 is 25.8 Å². The molecule has 0 aliphatic carbocycles. The zero-order valence-corrected chi connectivity index (χ0v) is 19.0. The van der Waals surface area contributed by atoms with Gasteiger partial charge in [0.2, 0.25) is 5.88 Å². The Morgan fingerprint density at radius 1 is 1.24 bits per heavy atom. The number of aromatic nitrogens is 3. The monoisotopic (exact) mass is 464 g/mol. The largest absolute Gasteiger partial charge is 0.481 e. The lowest BCUT2D eigenvalue weighted by atomic mass is 9.95. The summed E-state index contributed by atoms with van der Waals surface area (Å²) < 4.78 is 16.8. The predicted molar refractivity (Wildman–Crippen MR) is 126 cm³/mol. The zero-order valence-electron chi connectivity index (χ0n) is 19.0. The normalized spacial score (nSPS) is 20.8. The molecule has 1 unspecified atom stereocenters. The Morgan fingerprint density at radius 3 is 2.97 bits per heavy atom. The lowest BCUT2D eigenvalue weighted by Gasteiger charge is -2.33. The highest BCUT2D eigenvalue weighted by Gasteiger charge is 2.27. The molecule has 1 fully saturated rings. The molecule has 5 rings (SSSR count). The van der Waals surface area contributed by atoms with E-state index in [2.05, 4.69) is 25.6 Å². The molecule has 1 amide bonds. The van der Waals surface area contributed by atoms with Gasteiger partial charge < -0.3 is 30.6 Å². The third-order valence-electron chi connectivity index (χ3n) is 6.20. The summed E-state index contributed by atoms with van der Waals surface area (Å²) >= 11 is 0. The molecule has 2 aliphatic heterocycles. The molecule has 34 heavy (non-hydrogen) atoms. The number of anilines is 1. The van der Waals surface area contributed by atoms with Crippen LogP contribution >= 0.6 is 0 Å². The molecule has 3 aromatic heterocycles. The Morgan fingerprint density at radius 2 is 2.15 bits per heavy atom. The highest BCUT2D eigenvalue weighted by molar-refractivity contribution is 5.94. The van der Waals surface area contributed by atoms with E-state index in [9.17, 15) is 4.79 Å². The summed E-state index contributed by atoms with van der Waals surface area (Å²) in [6.45, 7) is 1.17. The molecule has 0 aromatic carbocycles. The second-order valence-electron chi connectivity index (χ2n) is 8.57. The minimum Gasteiger partial charge on any atom is -0.481 e. The lowest BCUT2D eigenvalue weighted by molar-refractivity contribution is -0.118. The zero-order chi connectivity index (χ0) is 23.5. The van der Waals surface area contributed by atoms with Gasteiger partial charge in [-0.15, -0.1) is 0 Å². The van der Waals surface area contributed by atoms with E-state index in [1.165, 1.54) is 0 Å². The fourth-order valence-electron chi connectivity index (χ4n) is 4.35. The van der Waals surface area contributed by atoms with Crippen molar-refractivity contribution in [1.29, 1.82) is 0 Å². The molecule has 2 aliphatic rings. The number of nitrogens with two attached hydrogens (primary N) is 1. The van der Waals surface area contributed by atoms with Crippen LogP contribution in [0.5, 0.6) is 11.6 Å². The maximum Gasteiger partial charge on any atom is 0.263 e. The van der Waals surface area contributed by atoms with Crippen LogP contribution in [0.25, 0.3) is 11.0 Å². The second-order valence-corrected chi connectivity index (χ2v) is 8.57. The van der Waals surface area contributed by atoms with Crippen molar-refractivity contribution in [3.63, 3.8) is 0 Å². The molecule has 3 atom stereocenters. The first-order valence-corrected chi connectivity index (χ1v) is 11.4. The van der Waals surface area contributed by atoms with Crippen LogP contribution in [-0.4, -0.2) is 59.4 Å². The van der Waals surface area contributed by atoms with E-state index in [1.807, 2.05) is 24.3 Å². The smallest absolute Gasteiger partial charge is 0.263 e. The number of amides is 1. The van der Waals surface area contributed by atoms with Gasteiger partial charge in [-0.2, -0.15) is 0 Å². The predicted octanol–water partition coefficient (Wildman–Crippen LogP) is 1.57. The quantitative estimate of drug-likeness (QED) is 0.476. The van der Waals surface area contributed by atoms with Crippen molar-refractivity contribution in [2.24, 2.45) is 5.73 Å². The maximum atomic E-state index is 11.5. The summed E-state index contributed by atoms with van der Waals surface area (Å²) in [6.07, 6.45) is 4.22. The molecule has 0 saturated carbocycles. The molecule has 10 nitrogen and oxygen atoms in total.